The molecule has 6 rings (SSSR count). The summed E-state index contributed by atoms with van der Waals surface area (Å²) in [5, 5.41) is 17.5. The molecule has 0 bridgehead atoms. The van der Waals surface area contributed by atoms with Crippen molar-refractivity contribution in [1.29, 1.82) is 0 Å². The number of nitrogens with zero attached hydrogens (tertiary/aromatic N) is 1. The summed E-state index contributed by atoms with van der Waals surface area (Å²) in [6.07, 6.45) is 2.63. The first-order chi connectivity index (χ1) is 17.5. The zero-order valence-corrected chi connectivity index (χ0v) is 20.6. The number of nitrogens with one attached hydrogen (secondary N) is 1. The maximum absolute atomic E-state index is 11.6. The molecule has 3 atom stereocenters. The summed E-state index contributed by atoms with van der Waals surface area (Å²) in [7, 11) is 0. The lowest BCUT2D eigenvalue weighted by atomic mass is 9.93. The third kappa shape index (κ3) is 3.98. The lowest BCUT2D eigenvalue weighted by Crippen LogP contribution is -2.19. The smallest absolute Gasteiger partial charge is 0.314 e. The van der Waals surface area contributed by atoms with E-state index < -0.39 is 11.4 Å². The molecule has 3 unspecified atom stereocenters. The van der Waals surface area contributed by atoms with E-state index >= 15 is 0 Å². The van der Waals surface area contributed by atoms with Crippen LogP contribution in [0.2, 0.25) is 0 Å². The Morgan fingerprint density at radius 2 is 1.58 bits per heavy atom. The molecule has 0 saturated heterocycles. The quantitative estimate of drug-likeness (QED) is 0.284. The van der Waals surface area contributed by atoms with Gasteiger partial charge in [0.2, 0.25) is 0 Å². The van der Waals surface area contributed by atoms with Crippen LogP contribution < -0.4 is 5.32 Å². The number of hydrogen-bond donors (Lipinski definition) is 2. The summed E-state index contributed by atoms with van der Waals surface area (Å²) < 4.78 is 5.75. The van der Waals surface area contributed by atoms with Gasteiger partial charge in [0.15, 0.2) is 5.76 Å². The largest absolute Gasteiger partial charge is 0.481 e. The van der Waals surface area contributed by atoms with E-state index in [0.717, 1.165) is 52.2 Å². The van der Waals surface area contributed by atoms with E-state index in [0.29, 0.717) is 17.9 Å². The average molecular weight is 479 g/mol. The number of carboxylic acid groups (broad SMARTS) is 1. The Morgan fingerprint density at radius 3 is 2.19 bits per heavy atom. The van der Waals surface area contributed by atoms with Gasteiger partial charge in [0.05, 0.1) is 5.41 Å². The van der Waals surface area contributed by atoms with Gasteiger partial charge in [-0.3, -0.25) is 4.79 Å². The molecule has 0 radical (unpaired) electrons. The summed E-state index contributed by atoms with van der Waals surface area (Å²) in [5.74, 6) is 1.23. The van der Waals surface area contributed by atoms with Gasteiger partial charge in [0, 0.05) is 11.6 Å². The van der Waals surface area contributed by atoms with Crippen LogP contribution in [-0.4, -0.2) is 22.3 Å². The molecule has 1 aromatic heterocycles. The van der Waals surface area contributed by atoms with Crippen molar-refractivity contribution in [2.45, 2.75) is 50.5 Å². The van der Waals surface area contributed by atoms with Crippen LogP contribution in [0.25, 0.3) is 22.5 Å². The Kier molecular flexibility index (Phi) is 5.44. The Bertz CT molecular complexity index is 1390. The second kappa shape index (κ2) is 8.66. The molecule has 2 saturated carbocycles. The highest BCUT2D eigenvalue weighted by Gasteiger charge is 2.51. The molecule has 2 fully saturated rings. The van der Waals surface area contributed by atoms with Gasteiger partial charge in [-0.15, -0.1) is 0 Å². The number of carboxylic acids is 1. The minimum Gasteiger partial charge on any atom is -0.481 e. The van der Waals surface area contributed by atoms with Crippen molar-refractivity contribution < 1.29 is 14.4 Å². The van der Waals surface area contributed by atoms with E-state index in [4.69, 9.17) is 4.52 Å². The summed E-state index contributed by atoms with van der Waals surface area (Å²) in [4.78, 5) is 11.6. The molecular weight excluding hydrogens is 448 g/mol. The lowest BCUT2D eigenvalue weighted by Gasteiger charge is -2.16. The molecule has 36 heavy (non-hydrogen) atoms. The second-order valence-electron chi connectivity index (χ2n) is 10.4. The molecule has 3 aromatic carbocycles. The number of carbonyl (C=O) groups is 1. The first-order valence-electron chi connectivity index (χ1n) is 12.7. The predicted molar refractivity (Wildman–Crippen MR) is 141 cm³/mol. The van der Waals surface area contributed by atoms with Gasteiger partial charge >= 0.3 is 5.97 Å². The summed E-state index contributed by atoms with van der Waals surface area (Å²) in [6, 6.07) is 27.2. The molecule has 1 heterocycles. The molecule has 0 amide bonds. The third-order valence-electron chi connectivity index (χ3n) is 8.02. The highest BCUT2D eigenvalue weighted by Crippen LogP contribution is 2.51. The summed E-state index contributed by atoms with van der Waals surface area (Å²) in [6.45, 7) is 4.22. The van der Waals surface area contributed by atoms with Crippen molar-refractivity contribution in [2.24, 2.45) is 5.92 Å². The van der Waals surface area contributed by atoms with Crippen LogP contribution in [0.3, 0.4) is 0 Å². The Hall–Kier alpha value is -3.86. The average Bonchev–Trinajstić information content (AvgIpc) is 3.83. The molecule has 0 spiro atoms. The number of benzene rings is 3. The molecule has 2 aliphatic rings. The van der Waals surface area contributed by atoms with Crippen LogP contribution in [-0.2, 0) is 10.2 Å². The maximum Gasteiger partial charge on any atom is 0.314 e. The van der Waals surface area contributed by atoms with Crippen molar-refractivity contribution in [2.75, 3.05) is 5.32 Å². The fourth-order valence-corrected chi connectivity index (χ4v) is 5.47. The minimum absolute atomic E-state index is 0.311. The summed E-state index contributed by atoms with van der Waals surface area (Å²) in [5.41, 5.74) is 6.57. The predicted octanol–water partition coefficient (Wildman–Crippen LogP) is 7.04. The Morgan fingerprint density at radius 1 is 0.972 bits per heavy atom. The highest BCUT2D eigenvalue weighted by molar-refractivity contribution is 5.85. The van der Waals surface area contributed by atoms with Crippen LogP contribution in [0.4, 0.5) is 5.69 Å². The first kappa shape index (κ1) is 22.6. The van der Waals surface area contributed by atoms with Gasteiger partial charge in [0.1, 0.15) is 11.4 Å². The number of anilines is 1. The van der Waals surface area contributed by atoms with Crippen molar-refractivity contribution in [1.82, 2.24) is 5.16 Å². The van der Waals surface area contributed by atoms with Gasteiger partial charge in [-0.25, -0.2) is 0 Å². The number of aryl methyl sites for hydroxylation is 1. The zero-order valence-electron chi connectivity index (χ0n) is 20.6. The normalized spacial score (nSPS) is 20.5. The van der Waals surface area contributed by atoms with Crippen LogP contribution in [0, 0.1) is 12.8 Å². The van der Waals surface area contributed by atoms with Crippen molar-refractivity contribution in [3.8, 4) is 22.5 Å². The van der Waals surface area contributed by atoms with Gasteiger partial charge in [-0.05, 0) is 67.2 Å². The molecule has 2 aliphatic carbocycles. The maximum atomic E-state index is 11.6. The second-order valence-corrected chi connectivity index (χ2v) is 10.4. The molecule has 5 heteroatoms. The van der Waals surface area contributed by atoms with Crippen LogP contribution in [0.15, 0.2) is 83.4 Å². The lowest BCUT2D eigenvalue weighted by molar-refractivity contribution is -0.140. The van der Waals surface area contributed by atoms with Crippen molar-refractivity contribution in [3.05, 3.63) is 95.7 Å². The van der Waals surface area contributed by atoms with Gasteiger partial charge in [-0.2, -0.15) is 0 Å². The van der Waals surface area contributed by atoms with E-state index in [9.17, 15) is 9.90 Å². The zero-order chi connectivity index (χ0) is 24.9. The van der Waals surface area contributed by atoms with Crippen LogP contribution >= 0.6 is 0 Å². The molecule has 5 nitrogen and oxygen atoms in total. The van der Waals surface area contributed by atoms with Gasteiger partial charge in [-0.1, -0.05) is 84.0 Å². The number of rotatable bonds is 8. The third-order valence-corrected chi connectivity index (χ3v) is 8.02. The van der Waals surface area contributed by atoms with Crippen LogP contribution in [0.5, 0.6) is 0 Å². The minimum atomic E-state index is -0.724. The number of aliphatic carboxylic acids is 1. The van der Waals surface area contributed by atoms with Crippen molar-refractivity contribution in [3.63, 3.8) is 0 Å². The Balaban J connectivity index is 1.17. The summed E-state index contributed by atoms with van der Waals surface area (Å²) >= 11 is 0. The van der Waals surface area contributed by atoms with Crippen LogP contribution in [0.1, 0.15) is 48.9 Å². The molecular formula is C31H30N2O3. The van der Waals surface area contributed by atoms with Gasteiger partial charge < -0.3 is 14.9 Å². The monoisotopic (exact) mass is 478 g/mol. The van der Waals surface area contributed by atoms with Crippen molar-refractivity contribution >= 4 is 11.7 Å². The van der Waals surface area contributed by atoms with E-state index in [1.54, 1.807) is 0 Å². The SMILES string of the molecule is Cc1noc(-c2ccc(-c3ccc(C4(C(=O)O)CC4)cc3)cc2)c1NC(C)C1CC1c1ccccc1. The first-order valence-corrected chi connectivity index (χ1v) is 12.7. The fourth-order valence-electron chi connectivity index (χ4n) is 5.47. The van der Waals surface area contributed by atoms with E-state index in [-0.39, 0.29) is 0 Å². The molecule has 2 N–H and O–H groups in total. The highest BCUT2D eigenvalue weighted by atomic mass is 16.5. The molecule has 0 aliphatic heterocycles. The van der Waals surface area contributed by atoms with E-state index in [2.05, 4.69) is 72.0 Å². The Labute approximate surface area is 211 Å². The topological polar surface area (TPSA) is 75.4 Å². The number of hydrogen-bond acceptors (Lipinski definition) is 4. The number of aromatic nitrogens is 1. The van der Waals surface area contributed by atoms with Gasteiger partial charge in [0.25, 0.3) is 0 Å². The molecule has 4 aromatic rings. The van der Waals surface area contributed by atoms with E-state index in [1.165, 1.54) is 12.0 Å². The van der Waals surface area contributed by atoms with E-state index in [1.807, 2.05) is 31.2 Å². The fraction of sp³-hybridized carbons (Fsp3) is 0.290. The standard InChI is InChI=1S/C31H30N2O3/c1-19(26-18-27(26)23-6-4-3-5-7-23)32-28-20(2)33-36-29(28)24-10-8-21(9-11-24)22-12-14-25(15-13-22)31(16-17-31)30(34)35/h3-15,19,26-27,32H,16-18H2,1-2H3,(H,34,35). The molecule has 182 valence electrons.